The van der Waals surface area contributed by atoms with Crippen molar-refractivity contribution in [1.29, 1.82) is 0 Å². The Morgan fingerprint density at radius 1 is 1.07 bits per heavy atom. The third-order valence-corrected chi connectivity index (χ3v) is 7.82. The van der Waals surface area contributed by atoms with E-state index in [1.165, 1.54) is 19.0 Å². The molecule has 0 atom stereocenters. The van der Waals surface area contributed by atoms with Gasteiger partial charge < -0.3 is 5.32 Å². The first-order valence-electron chi connectivity index (χ1n) is 8.65. The lowest BCUT2D eigenvalue weighted by molar-refractivity contribution is 0.258. The largest absolute Gasteiger partial charge is 0.327 e. The highest BCUT2D eigenvalue weighted by atomic mass is 32.2. The molecule has 3 rings (SSSR count). The van der Waals surface area contributed by atoms with Crippen LogP contribution in [0.2, 0.25) is 0 Å². The number of anilines is 2. The average molecular weight is 432 g/mol. The summed E-state index contributed by atoms with van der Waals surface area (Å²) in [4.78, 5) is 22.2. The van der Waals surface area contributed by atoms with Crippen LogP contribution in [-0.4, -0.2) is 49.9 Å². The van der Waals surface area contributed by atoms with Crippen LogP contribution in [0.3, 0.4) is 0 Å². The molecule has 0 fully saturated rings. The molecular formula is C19H21N5O3S2. The molecular weight excluding hydrogens is 410 g/mol. The van der Waals surface area contributed by atoms with Crippen molar-refractivity contribution in [2.24, 2.45) is 0 Å². The Kier molecular flexibility index (Phi) is 5.96. The molecule has 0 aliphatic rings. The molecule has 1 aromatic carbocycles. The zero-order chi connectivity index (χ0) is 21.2. The van der Waals surface area contributed by atoms with Gasteiger partial charge in [0.15, 0.2) is 9.34 Å². The molecule has 8 nitrogen and oxygen atoms in total. The number of benzene rings is 1. The highest BCUT2D eigenvalue weighted by Gasteiger charge is 2.26. The number of aromatic nitrogens is 2. The topological polar surface area (TPSA) is 95.5 Å². The summed E-state index contributed by atoms with van der Waals surface area (Å²) in [6.07, 6.45) is 3.48. The Balaban J connectivity index is 1.74. The molecule has 0 aliphatic carbocycles. The smallest absolute Gasteiger partial charge is 0.307 e. The lowest BCUT2D eigenvalue weighted by Gasteiger charge is -2.15. The highest BCUT2D eigenvalue weighted by Crippen LogP contribution is 2.31. The van der Waals surface area contributed by atoms with E-state index in [1.54, 1.807) is 38.5 Å². The summed E-state index contributed by atoms with van der Waals surface area (Å²) in [7, 11) is 0.851. The van der Waals surface area contributed by atoms with Crippen molar-refractivity contribution < 1.29 is 13.2 Å². The number of nitrogens with zero attached hydrogens (tertiary/aromatic N) is 4. The number of rotatable bonds is 5. The molecule has 2 aromatic heterocycles. The van der Waals surface area contributed by atoms with Gasteiger partial charge in [-0.2, -0.15) is 0 Å². The van der Waals surface area contributed by atoms with Crippen LogP contribution in [0.25, 0.3) is 11.1 Å². The first kappa shape index (κ1) is 20.9. The van der Waals surface area contributed by atoms with Gasteiger partial charge in [0, 0.05) is 39.2 Å². The number of amides is 2. The minimum atomic E-state index is -3.61. The summed E-state index contributed by atoms with van der Waals surface area (Å²) in [6, 6.07) is 10.8. The van der Waals surface area contributed by atoms with E-state index in [2.05, 4.69) is 15.3 Å². The second-order valence-electron chi connectivity index (χ2n) is 6.46. The predicted octanol–water partition coefficient (Wildman–Crippen LogP) is 3.43. The van der Waals surface area contributed by atoms with Gasteiger partial charge in [-0.25, -0.2) is 22.5 Å². The van der Waals surface area contributed by atoms with Crippen molar-refractivity contribution in [2.75, 3.05) is 31.4 Å². The standard InChI is InChI=1S/C19H21N5O3S2/c1-13-17(29(26,27)23(2)3)28-19(21-13)24(4)18(25)22-16-9-7-14(8-10-16)15-6-5-11-20-12-15/h5-12H,1-4H3,(H,22,25). The van der Waals surface area contributed by atoms with Crippen LogP contribution in [0.1, 0.15) is 5.69 Å². The summed E-state index contributed by atoms with van der Waals surface area (Å²) in [5.74, 6) is 0. The first-order chi connectivity index (χ1) is 13.7. The van der Waals surface area contributed by atoms with Crippen LogP contribution in [0.5, 0.6) is 0 Å². The van der Waals surface area contributed by atoms with E-state index in [1.807, 2.05) is 24.3 Å². The van der Waals surface area contributed by atoms with Gasteiger partial charge in [-0.3, -0.25) is 9.88 Å². The molecule has 29 heavy (non-hydrogen) atoms. The number of hydrogen-bond donors (Lipinski definition) is 1. The molecule has 0 bridgehead atoms. The zero-order valence-corrected chi connectivity index (χ0v) is 18.1. The fraction of sp³-hybridized carbons (Fsp3) is 0.211. The molecule has 1 N–H and O–H groups in total. The number of pyridine rings is 1. The molecule has 2 amide bonds. The lowest BCUT2D eigenvalue weighted by Crippen LogP contribution is -2.31. The van der Waals surface area contributed by atoms with Crippen LogP contribution in [-0.2, 0) is 10.0 Å². The molecule has 0 spiro atoms. The number of sulfonamides is 1. The van der Waals surface area contributed by atoms with Crippen molar-refractivity contribution in [3.63, 3.8) is 0 Å². The third kappa shape index (κ3) is 4.44. The average Bonchev–Trinajstić information content (AvgIpc) is 3.11. The Morgan fingerprint density at radius 2 is 1.76 bits per heavy atom. The van der Waals surface area contributed by atoms with Gasteiger partial charge in [-0.15, -0.1) is 0 Å². The Hall–Kier alpha value is -2.82. The summed E-state index contributed by atoms with van der Waals surface area (Å²) < 4.78 is 26.0. The molecule has 152 valence electrons. The van der Waals surface area contributed by atoms with E-state index in [0.717, 1.165) is 26.8 Å². The Labute approximate surface area is 173 Å². The van der Waals surface area contributed by atoms with Crippen molar-refractivity contribution in [2.45, 2.75) is 11.1 Å². The monoisotopic (exact) mass is 431 g/mol. The molecule has 0 radical (unpaired) electrons. The number of hydrogen-bond acceptors (Lipinski definition) is 6. The van der Waals surface area contributed by atoms with Crippen LogP contribution >= 0.6 is 11.3 Å². The maximum Gasteiger partial charge on any atom is 0.327 e. The quantitative estimate of drug-likeness (QED) is 0.668. The van der Waals surface area contributed by atoms with E-state index in [0.29, 0.717) is 16.5 Å². The third-order valence-electron chi connectivity index (χ3n) is 4.18. The summed E-state index contributed by atoms with van der Waals surface area (Å²) in [5, 5.41) is 3.09. The molecule has 0 unspecified atom stereocenters. The fourth-order valence-electron chi connectivity index (χ4n) is 2.49. The molecule has 2 heterocycles. The number of urea groups is 1. The predicted molar refractivity (Wildman–Crippen MR) is 115 cm³/mol. The molecule has 0 aliphatic heterocycles. The van der Waals surface area contributed by atoms with E-state index >= 15 is 0 Å². The van der Waals surface area contributed by atoms with Gasteiger partial charge in [0.2, 0.25) is 0 Å². The molecule has 3 aromatic rings. The maximum absolute atomic E-state index is 12.6. The summed E-state index contributed by atoms with van der Waals surface area (Å²) >= 11 is 0.959. The van der Waals surface area contributed by atoms with Crippen LogP contribution in [0, 0.1) is 6.92 Å². The van der Waals surface area contributed by atoms with E-state index in [4.69, 9.17) is 0 Å². The Bertz CT molecular complexity index is 1110. The van der Waals surface area contributed by atoms with E-state index < -0.39 is 16.1 Å². The number of nitrogens with one attached hydrogen (secondary N) is 1. The first-order valence-corrected chi connectivity index (χ1v) is 10.9. The number of carbonyl (C=O) groups excluding carboxylic acids is 1. The van der Waals surface area contributed by atoms with Crippen molar-refractivity contribution in [3.8, 4) is 11.1 Å². The van der Waals surface area contributed by atoms with Gasteiger partial charge in [0.05, 0.1) is 5.69 Å². The second kappa shape index (κ2) is 8.27. The Morgan fingerprint density at radius 3 is 2.34 bits per heavy atom. The van der Waals surface area contributed by atoms with E-state index in [-0.39, 0.29) is 4.21 Å². The second-order valence-corrected chi connectivity index (χ2v) is 9.79. The normalized spacial score (nSPS) is 11.5. The summed E-state index contributed by atoms with van der Waals surface area (Å²) in [6.45, 7) is 1.61. The van der Waals surface area contributed by atoms with Gasteiger partial charge in [-0.05, 0) is 36.2 Å². The van der Waals surface area contributed by atoms with Gasteiger partial charge >= 0.3 is 6.03 Å². The van der Waals surface area contributed by atoms with Crippen LogP contribution in [0.15, 0.2) is 53.0 Å². The van der Waals surface area contributed by atoms with Crippen LogP contribution < -0.4 is 10.2 Å². The summed E-state index contributed by atoms with van der Waals surface area (Å²) in [5.41, 5.74) is 2.94. The number of carbonyl (C=O) groups is 1. The van der Waals surface area contributed by atoms with Crippen molar-refractivity contribution in [3.05, 3.63) is 54.5 Å². The van der Waals surface area contributed by atoms with Crippen LogP contribution in [0.4, 0.5) is 15.6 Å². The van der Waals surface area contributed by atoms with E-state index in [9.17, 15) is 13.2 Å². The molecule has 0 saturated carbocycles. The van der Waals surface area contributed by atoms with Crippen molar-refractivity contribution >= 4 is 38.2 Å². The van der Waals surface area contributed by atoms with Gasteiger partial charge in [0.1, 0.15) is 0 Å². The number of aryl methyl sites for hydroxylation is 1. The minimum Gasteiger partial charge on any atom is -0.307 e. The lowest BCUT2D eigenvalue weighted by atomic mass is 10.1. The number of thiazole rings is 1. The molecule has 0 saturated heterocycles. The van der Waals surface area contributed by atoms with Crippen molar-refractivity contribution in [1.82, 2.24) is 14.3 Å². The van der Waals surface area contributed by atoms with Gasteiger partial charge in [0.25, 0.3) is 10.0 Å². The fourth-order valence-corrected chi connectivity index (χ4v) is 5.10. The SMILES string of the molecule is Cc1nc(N(C)C(=O)Nc2ccc(-c3cccnc3)cc2)sc1S(=O)(=O)N(C)C. The highest BCUT2D eigenvalue weighted by molar-refractivity contribution is 7.91. The molecule has 10 heteroatoms. The zero-order valence-electron chi connectivity index (χ0n) is 16.4. The maximum atomic E-state index is 12.6. The van der Waals surface area contributed by atoms with Gasteiger partial charge in [-0.1, -0.05) is 29.5 Å². The minimum absolute atomic E-state index is 0.123.